The highest BCUT2D eigenvalue weighted by Crippen LogP contribution is 2.22. The number of pyridine rings is 1. The monoisotopic (exact) mass is 232 g/mol. The van der Waals surface area contributed by atoms with Crippen LogP contribution in [0.3, 0.4) is 0 Å². The molecule has 3 N–H and O–H groups in total. The Morgan fingerprint density at radius 3 is 2.38 bits per heavy atom. The number of rotatable bonds is 2. The Hall–Kier alpha value is -1.68. The molecule has 0 aliphatic heterocycles. The summed E-state index contributed by atoms with van der Waals surface area (Å²) < 4.78 is 0. The summed E-state index contributed by atoms with van der Waals surface area (Å²) in [6, 6.07) is 11.3. The molecule has 2 rings (SSSR count). The van der Waals surface area contributed by atoms with E-state index in [0.717, 1.165) is 11.1 Å². The summed E-state index contributed by atoms with van der Waals surface area (Å²) in [6.45, 7) is 0. The van der Waals surface area contributed by atoms with Gasteiger partial charge in [-0.15, -0.1) is 11.8 Å². The van der Waals surface area contributed by atoms with Crippen LogP contribution in [0.4, 0.5) is 5.82 Å². The van der Waals surface area contributed by atoms with Crippen molar-refractivity contribution in [2.75, 3.05) is 12.0 Å². The van der Waals surface area contributed by atoms with Gasteiger partial charge >= 0.3 is 0 Å². The van der Waals surface area contributed by atoms with Crippen LogP contribution < -0.4 is 11.3 Å². The van der Waals surface area contributed by atoms with Gasteiger partial charge in [0.1, 0.15) is 5.82 Å². The number of hydrogen-bond donors (Lipinski definition) is 2. The summed E-state index contributed by atoms with van der Waals surface area (Å²) in [5.41, 5.74) is 7.25. The third kappa shape index (κ3) is 2.28. The van der Waals surface area contributed by atoms with Gasteiger partial charge in [-0.1, -0.05) is 12.1 Å². The smallest absolute Gasteiger partial charge is 0.250 e. The predicted octanol–water partition coefficient (Wildman–Crippen LogP) is 2.35. The molecule has 0 spiro atoms. The second kappa shape index (κ2) is 4.45. The van der Waals surface area contributed by atoms with E-state index >= 15 is 0 Å². The van der Waals surface area contributed by atoms with Gasteiger partial charge in [0.2, 0.25) is 5.56 Å². The number of nitrogen functional groups attached to an aromatic ring is 1. The zero-order chi connectivity index (χ0) is 11.5. The molecule has 0 unspecified atom stereocenters. The lowest BCUT2D eigenvalue weighted by Crippen LogP contribution is -2.07. The zero-order valence-corrected chi connectivity index (χ0v) is 9.67. The van der Waals surface area contributed by atoms with E-state index in [1.807, 2.05) is 30.5 Å². The van der Waals surface area contributed by atoms with Crippen LogP contribution in [0, 0.1) is 0 Å². The molecule has 0 bridgehead atoms. The molecule has 0 aliphatic rings. The second-order valence-electron chi connectivity index (χ2n) is 3.42. The van der Waals surface area contributed by atoms with Gasteiger partial charge < -0.3 is 10.7 Å². The summed E-state index contributed by atoms with van der Waals surface area (Å²) in [7, 11) is 0. The van der Waals surface area contributed by atoms with E-state index < -0.39 is 0 Å². The molecule has 0 saturated heterocycles. The highest BCUT2D eigenvalue weighted by Gasteiger charge is 2.00. The van der Waals surface area contributed by atoms with E-state index in [1.165, 1.54) is 4.90 Å². The average molecular weight is 232 g/mol. The lowest BCUT2D eigenvalue weighted by molar-refractivity contribution is 1.25. The van der Waals surface area contributed by atoms with Crippen LogP contribution in [0.1, 0.15) is 0 Å². The Kier molecular flexibility index (Phi) is 3.01. The number of benzene rings is 1. The molecule has 0 saturated carbocycles. The molecule has 1 aromatic heterocycles. The van der Waals surface area contributed by atoms with E-state index in [-0.39, 0.29) is 5.56 Å². The minimum Gasteiger partial charge on any atom is -0.385 e. The fourth-order valence-electron chi connectivity index (χ4n) is 1.51. The van der Waals surface area contributed by atoms with Gasteiger partial charge in [-0.25, -0.2) is 0 Å². The van der Waals surface area contributed by atoms with Gasteiger partial charge in [-0.3, -0.25) is 4.79 Å². The maximum atomic E-state index is 11.3. The molecule has 0 atom stereocenters. The van der Waals surface area contributed by atoms with Crippen LogP contribution in [0.15, 0.2) is 46.1 Å². The highest BCUT2D eigenvalue weighted by molar-refractivity contribution is 7.98. The van der Waals surface area contributed by atoms with Crippen LogP contribution in [-0.2, 0) is 0 Å². The number of hydrogen-bond acceptors (Lipinski definition) is 3. The van der Waals surface area contributed by atoms with E-state index in [4.69, 9.17) is 5.73 Å². The standard InChI is InChI=1S/C12H12N2OS/c1-16-10-4-2-8(3-5-10)9-6-11(13)14-12(15)7-9/h2-7H,1H3,(H3,13,14,15). The Labute approximate surface area is 97.7 Å². The van der Waals surface area contributed by atoms with Crippen molar-refractivity contribution in [3.05, 3.63) is 46.8 Å². The minimum absolute atomic E-state index is 0.177. The zero-order valence-electron chi connectivity index (χ0n) is 8.86. The van der Waals surface area contributed by atoms with Gasteiger partial charge in [-0.2, -0.15) is 0 Å². The van der Waals surface area contributed by atoms with Crippen LogP contribution in [0.25, 0.3) is 11.1 Å². The van der Waals surface area contributed by atoms with Crippen LogP contribution in [-0.4, -0.2) is 11.2 Å². The van der Waals surface area contributed by atoms with Crippen molar-refractivity contribution in [2.24, 2.45) is 0 Å². The Morgan fingerprint density at radius 2 is 1.81 bits per heavy atom. The molecule has 4 heteroatoms. The fraction of sp³-hybridized carbons (Fsp3) is 0.0833. The number of aromatic nitrogens is 1. The van der Waals surface area contributed by atoms with Gasteiger partial charge in [0.05, 0.1) is 0 Å². The highest BCUT2D eigenvalue weighted by atomic mass is 32.2. The van der Waals surface area contributed by atoms with Crippen molar-refractivity contribution < 1.29 is 0 Å². The molecule has 0 aliphatic carbocycles. The first-order valence-electron chi connectivity index (χ1n) is 4.83. The summed E-state index contributed by atoms with van der Waals surface area (Å²) in [5.74, 6) is 0.386. The largest absolute Gasteiger partial charge is 0.385 e. The summed E-state index contributed by atoms with van der Waals surface area (Å²) >= 11 is 1.69. The molecule has 1 heterocycles. The summed E-state index contributed by atoms with van der Waals surface area (Å²) in [4.78, 5) is 15.0. The molecular weight excluding hydrogens is 220 g/mol. The quantitative estimate of drug-likeness (QED) is 0.781. The first-order valence-corrected chi connectivity index (χ1v) is 6.06. The van der Waals surface area contributed by atoms with Gasteiger partial charge in [0.25, 0.3) is 0 Å². The maximum Gasteiger partial charge on any atom is 0.250 e. The van der Waals surface area contributed by atoms with Crippen molar-refractivity contribution in [3.63, 3.8) is 0 Å². The number of thioether (sulfide) groups is 1. The SMILES string of the molecule is CSc1ccc(-c2cc(N)[nH]c(=O)c2)cc1. The number of nitrogens with two attached hydrogens (primary N) is 1. The molecule has 3 nitrogen and oxygen atoms in total. The van der Waals surface area contributed by atoms with Gasteiger partial charge in [0.15, 0.2) is 0 Å². The van der Waals surface area contributed by atoms with Gasteiger partial charge in [-0.05, 0) is 35.6 Å². The maximum absolute atomic E-state index is 11.3. The van der Waals surface area contributed by atoms with Crippen LogP contribution >= 0.6 is 11.8 Å². The van der Waals surface area contributed by atoms with Crippen molar-refractivity contribution in [3.8, 4) is 11.1 Å². The van der Waals surface area contributed by atoms with Crippen LogP contribution in [0.2, 0.25) is 0 Å². The minimum atomic E-state index is -0.177. The Balaban J connectivity index is 2.46. The number of H-pyrrole nitrogens is 1. The molecule has 0 fully saturated rings. The molecular formula is C12H12N2OS. The van der Waals surface area contributed by atoms with E-state index in [1.54, 1.807) is 23.9 Å². The summed E-state index contributed by atoms with van der Waals surface area (Å²) in [5, 5.41) is 0. The van der Waals surface area contributed by atoms with E-state index in [9.17, 15) is 4.79 Å². The first kappa shape index (κ1) is 10.8. The van der Waals surface area contributed by atoms with Crippen LogP contribution in [0.5, 0.6) is 0 Å². The molecule has 2 aromatic rings. The third-order valence-corrected chi connectivity index (χ3v) is 3.03. The average Bonchev–Trinajstić information content (AvgIpc) is 2.28. The fourth-order valence-corrected chi connectivity index (χ4v) is 1.92. The number of aromatic amines is 1. The molecule has 0 radical (unpaired) electrons. The lowest BCUT2D eigenvalue weighted by Gasteiger charge is -2.03. The summed E-state index contributed by atoms with van der Waals surface area (Å²) in [6.07, 6.45) is 2.03. The normalized spacial score (nSPS) is 10.3. The van der Waals surface area contributed by atoms with E-state index in [0.29, 0.717) is 5.82 Å². The van der Waals surface area contributed by atoms with E-state index in [2.05, 4.69) is 4.98 Å². The lowest BCUT2D eigenvalue weighted by atomic mass is 10.1. The second-order valence-corrected chi connectivity index (χ2v) is 4.30. The van der Waals surface area contributed by atoms with Gasteiger partial charge in [0, 0.05) is 11.0 Å². The molecule has 16 heavy (non-hydrogen) atoms. The molecule has 0 amide bonds. The van der Waals surface area contributed by atoms with Crippen molar-refractivity contribution in [2.45, 2.75) is 4.90 Å². The predicted molar refractivity (Wildman–Crippen MR) is 68.7 cm³/mol. The molecule has 82 valence electrons. The topological polar surface area (TPSA) is 58.9 Å². The van der Waals surface area contributed by atoms with Crippen molar-refractivity contribution in [1.29, 1.82) is 0 Å². The van der Waals surface area contributed by atoms with Crippen molar-refractivity contribution >= 4 is 17.6 Å². The Bertz CT molecular complexity index is 546. The van der Waals surface area contributed by atoms with Crippen molar-refractivity contribution in [1.82, 2.24) is 4.98 Å². The Morgan fingerprint density at radius 1 is 1.12 bits per heavy atom. The number of nitrogens with one attached hydrogen (secondary N) is 1. The third-order valence-electron chi connectivity index (χ3n) is 2.29. The number of anilines is 1. The molecule has 1 aromatic carbocycles. The first-order chi connectivity index (χ1) is 7.69.